The Hall–Kier alpha value is -3.60. The molecule has 46 heavy (non-hydrogen) atoms. The molecule has 11 heteroatoms. The van der Waals surface area contributed by atoms with Crippen LogP contribution in [0.1, 0.15) is 54.5 Å². The summed E-state index contributed by atoms with van der Waals surface area (Å²) in [6.45, 7) is 5.03. The average molecular weight is 669 g/mol. The van der Waals surface area contributed by atoms with Crippen LogP contribution < -0.4 is 24.3 Å². The lowest BCUT2D eigenvalue weighted by molar-refractivity contribution is -0.143. The number of carbonyl (C=O) groups is 2. The van der Waals surface area contributed by atoms with Gasteiger partial charge in [-0.25, -0.2) is 0 Å². The van der Waals surface area contributed by atoms with Crippen LogP contribution >= 0.6 is 23.4 Å². The molecule has 0 bridgehead atoms. The van der Waals surface area contributed by atoms with Crippen LogP contribution in [-0.4, -0.2) is 67.5 Å². The summed E-state index contributed by atoms with van der Waals surface area (Å²) in [7, 11) is 1.54. The molecule has 9 nitrogen and oxygen atoms in total. The summed E-state index contributed by atoms with van der Waals surface area (Å²) in [5, 5.41) is 14.5. The maximum atomic E-state index is 13.8. The quantitative estimate of drug-likeness (QED) is 0.179. The van der Waals surface area contributed by atoms with E-state index in [9.17, 15) is 14.7 Å². The summed E-state index contributed by atoms with van der Waals surface area (Å²) in [5.41, 5.74) is 4.22. The fraction of sp³-hybridized carbons (Fsp3) is 0.429. The van der Waals surface area contributed by atoms with E-state index in [0.29, 0.717) is 48.3 Å². The zero-order valence-electron chi connectivity index (χ0n) is 26.6. The molecule has 1 saturated heterocycles. The van der Waals surface area contributed by atoms with Gasteiger partial charge in [-0.3, -0.25) is 14.5 Å². The third-order valence-electron chi connectivity index (χ3n) is 8.61. The number of hydrogen-bond acceptors (Lipinski definition) is 8. The highest BCUT2D eigenvalue weighted by atomic mass is 35.5. The number of ether oxygens (including phenoxy) is 4. The molecule has 1 fully saturated rings. The van der Waals surface area contributed by atoms with Crippen molar-refractivity contribution in [3.05, 3.63) is 75.8 Å². The Kier molecular flexibility index (Phi) is 11.2. The number of aryl methyl sites for hydroxylation is 2. The van der Waals surface area contributed by atoms with E-state index >= 15 is 0 Å². The molecule has 3 atom stereocenters. The minimum Gasteiger partial charge on any atom is -0.494 e. The number of hydrogen-bond donors (Lipinski definition) is 2. The Bertz CT molecular complexity index is 1530. The Morgan fingerprint density at radius 1 is 1.07 bits per heavy atom. The van der Waals surface area contributed by atoms with Crippen LogP contribution in [0.3, 0.4) is 0 Å². The molecular weight excluding hydrogens is 628 g/mol. The minimum absolute atomic E-state index is 0.00545. The third-order valence-corrected chi connectivity index (χ3v) is 9.53. The van der Waals surface area contributed by atoms with E-state index in [1.165, 1.54) is 0 Å². The van der Waals surface area contributed by atoms with E-state index in [2.05, 4.69) is 11.6 Å². The second kappa shape index (κ2) is 15.3. The lowest BCUT2D eigenvalue weighted by Gasteiger charge is -2.27. The number of carboxylic acid groups (broad SMARTS) is 1. The van der Waals surface area contributed by atoms with Gasteiger partial charge in [0, 0.05) is 29.2 Å². The number of anilines is 1. The standard InChI is InChI=1S/C35H41ClN2O7S/c1-5-21-14-25(36)15-22(6-2)32(21)37-30(39)19-38-18-27(24-16-28(42-3)34-29(17-24)44-20-45-34)31(35(40)41)33(38)23-8-10-26(11-9-23)43-12-7-13-46-4/h8-11,14-17,27,31,33H,5-7,12-13,18-20H2,1-4H3,(H,37,39)(H,40,41)/t27-,31?,33+/m1/s1. The van der Waals surface area contributed by atoms with Gasteiger partial charge in [0.15, 0.2) is 11.5 Å². The lowest BCUT2D eigenvalue weighted by Crippen LogP contribution is -2.35. The van der Waals surface area contributed by atoms with Gasteiger partial charge in [0.05, 0.1) is 26.2 Å². The van der Waals surface area contributed by atoms with Gasteiger partial charge in [-0.2, -0.15) is 11.8 Å². The highest BCUT2D eigenvalue weighted by Crippen LogP contribution is 2.50. The van der Waals surface area contributed by atoms with Crippen LogP contribution in [0.25, 0.3) is 0 Å². The van der Waals surface area contributed by atoms with Gasteiger partial charge in [0.25, 0.3) is 0 Å². The summed E-state index contributed by atoms with van der Waals surface area (Å²) >= 11 is 8.13. The molecule has 1 amide bonds. The third kappa shape index (κ3) is 7.35. The number of carboxylic acids is 1. The number of nitrogens with one attached hydrogen (secondary N) is 1. The molecule has 0 spiro atoms. The number of aliphatic carboxylic acids is 1. The van der Waals surface area contributed by atoms with Crippen molar-refractivity contribution in [3.8, 4) is 23.0 Å². The molecule has 1 unspecified atom stereocenters. The van der Waals surface area contributed by atoms with Crippen LogP contribution in [0.5, 0.6) is 23.0 Å². The predicted molar refractivity (Wildman–Crippen MR) is 181 cm³/mol. The molecule has 0 aromatic heterocycles. The molecular formula is C35H41ClN2O7S. The first-order valence-electron chi connectivity index (χ1n) is 15.5. The van der Waals surface area contributed by atoms with Gasteiger partial charge < -0.3 is 29.4 Å². The van der Waals surface area contributed by atoms with Gasteiger partial charge in [0.1, 0.15) is 5.75 Å². The fourth-order valence-corrected chi connectivity index (χ4v) is 7.12. The largest absolute Gasteiger partial charge is 0.494 e. The molecule has 246 valence electrons. The summed E-state index contributed by atoms with van der Waals surface area (Å²) in [6.07, 6.45) is 4.41. The second-order valence-corrected chi connectivity index (χ2v) is 12.8. The van der Waals surface area contributed by atoms with Crippen molar-refractivity contribution in [1.82, 2.24) is 4.90 Å². The summed E-state index contributed by atoms with van der Waals surface area (Å²) in [4.78, 5) is 28.8. The number of methoxy groups -OCH3 is 1. The van der Waals surface area contributed by atoms with Crippen LogP contribution in [0.15, 0.2) is 48.5 Å². The zero-order valence-corrected chi connectivity index (χ0v) is 28.2. The number of rotatable bonds is 14. The zero-order chi connectivity index (χ0) is 32.8. The Balaban J connectivity index is 1.48. The van der Waals surface area contributed by atoms with Crippen molar-refractivity contribution >= 4 is 40.9 Å². The maximum absolute atomic E-state index is 13.8. The number of nitrogens with zero attached hydrogens (tertiary/aromatic N) is 1. The van der Waals surface area contributed by atoms with Crippen molar-refractivity contribution < 1.29 is 33.6 Å². The van der Waals surface area contributed by atoms with E-state index in [1.54, 1.807) is 18.9 Å². The van der Waals surface area contributed by atoms with E-state index in [0.717, 1.165) is 45.9 Å². The second-order valence-electron chi connectivity index (χ2n) is 11.4. The van der Waals surface area contributed by atoms with Crippen LogP contribution in [0, 0.1) is 5.92 Å². The highest BCUT2D eigenvalue weighted by molar-refractivity contribution is 7.98. The maximum Gasteiger partial charge on any atom is 0.309 e. The van der Waals surface area contributed by atoms with E-state index in [-0.39, 0.29) is 19.2 Å². The number of halogens is 1. The highest BCUT2D eigenvalue weighted by Gasteiger charge is 2.48. The first-order valence-corrected chi connectivity index (χ1v) is 17.3. The van der Waals surface area contributed by atoms with E-state index in [1.807, 2.05) is 67.3 Å². The average Bonchev–Trinajstić information content (AvgIpc) is 3.68. The van der Waals surface area contributed by atoms with Crippen molar-refractivity contribution in [2.75, 3.05) is 50.9 Å². The topological polar surface area (TPSA) is 107 Å². The lowest BCUT2D eigenvalue weighted by atomic mass is 9.82. The molecule has 0 aliphatic carbocycles. The summed E-state index contributed by atoms with van der Waals surface area (Å²) < 4.78 is 22.7. The fourth-order valence-electron chi connectivity index (χ4n) is 6.45. The number of carbonyl (C=O) groups excluding carboxylic acids is 1. The van der Waals surface area contributed by atoms with Crippen LogP contribution in [0.2, 0.25) is 5.02 Å². The predicted octanol–water partition coefficient (Wildman–Crippen LogP) is 6.81. The minimum atomic E-state index is -0.953. The Labute approximate surface area is 279 Å². The first kappa shape index (κ1) is 33.8. The Morgan fingerprint density at radius 2 is 1.78 bits per heavy atom. The van der Waals surface area contributed by atoms with Crippen molar-refractivity contribution in [1.29, 1.82) is 0 Å². The molecule has 0 radical (unpaired) electrons. The molecule has 2 aliphatic rings. The smallest absolute Gasteiger partial charge is 0.309 e. The van der Waals surface area contributed by atoms with Crippen LogP contribution in [-0.2, 0) is 22.4 Å². The molecule has 2 aliphatic heterocycles. The molecule has 0 saturated carbocycles. The van der Waals surface area contributed by atoms with Gasteiger partial charge in [-0.15, -0.1) is 0 Å². The van der Waals surface area contributed by atoms with Gasteiger partial charge >= 0.3 is 5.97 Å². The number of amides is 1. The van der Waals surface area contributed by atoms with E-state index < -0.39 is 23.8 Å². The Morgan fingerprint density at radius 3 is 2.41 bits per heavy atom. The molecule has 3 aromatic rings. The van der Waals surface area contributed by atoms with Crippen LogP contribution in [0.4, 0.5) is 5.69 Å². The number of likely N-dealkylation sites (tertiary alicyclic amines) is 1. The molecule has 5 rings (SSSR count). The number of fused-ring (bicyclic) bond motifs is 1. The monoisotopic (exact) mass is 668 g/mol. The number of thioether (sulfide) groups is 1. The first-order chi connectivity index (χ1) is 22.3. The van der Waals surface area contributed by atoms with Crippen molar-refractivity contribution in [2.45, 2.75) is 45.1 Å². The van der Waals surface area contributed by atoms with Gasteiger partial charge in [0.2, 0.25) is 18.4 Å². The van der Waals surface area contributed by atoms with E-state index in [4.69, 9.17) is 30.5 Å². The number of benzene rings is 3. The SMILES string of the molecule is CCc1cc(Cl)cc(CC)c1NC(=O)CN1C[C@H](c2cc(OC)c3c(c2)OCO3)C(C(=O)O)[C@@H]1c1ccc(OCCCSC)cc1. The van der Waals surface area contributed by atoms with Crippen molar-refractivity contribution in [2.24, 2.45) is 5.92 Å². The van der Waals surface area contributed by atoms with Crippen molar-refractivity contribution in [3.63, 3.8) is 0 Å². The molecule has 2 N–H and O–H groups in total. The molecule has 2 heterocycles. The van der Waals surface area contributed by atoms with Gasteiger partial charge in [-0.05, 0) is 89.9 Å². The molecule has 3 aromatic carbocycles. The normalized spacial score (nSPS) is 18.8. The summed E-state index contributed by atoms with van der Waals surface area (Å²) in [6, 6.07) is 14.4. The van der Waals surface area contributed by atoms with Gasteiger partial charge in [-0.1, -0.05) is 37.6 Å². The summed E-state index contributed by atoms with van der Waals surface area (Å²) in [5.74, 6) is 0.719.